The van der Waals surface area contributed by atoms with Crippen molar-refractivity contribution < 1.29 is 18.3 Å². The Hall–Kier alpha value is -1.58. The van der Waals surface area contributed by atoms with E-state index >= 15 is 0 Å². The number of carboxylic acid groups (broad SMARTS) is 1. The molecule has 20 heavy (non-hydrogen) atoms. The number of halogens is 2. The molecule has 2 heterocycles. The average Bonchev–Trinajstić information content (AvgIpc) is 2.84. The van der Waals surface area contributed by atoms with Gasteiger partial charge in [-0.25, -0.2) is 18.2 Å². The van der Waals surface area contributed by atoms with Crippen molar-refractivity contribution in [1.29, 1.82) is 0 Å². The lowest BCUT2D eigenvalue weighted by Gasteiger charge is -2.07. The topological polar surface area (TPSA) is 112 Å². The number of aromatic nitrogens is 2. The van der Waals surface area contributed by atoms with E-state index in [1.54, 1.807) is 0 Å². The van der Waals surface area contributed by atoms with Crippen molar-refractivity contribution in [3.8, 4) is 0 Å². The summed E-state index contributed by atoms with van der Waals surface area (Å²) in [6.07, 6.45) is 2.49. The number of aromatic amines is 1. The second-order valence-electron chi connectivity index (χ2n) is 3.65. The Morgan fingerprint density at radius 2 is 2.15 bits per heavy atom. The Labute approximate surface area is 127 Å². The Morgan fingerprint density at radius 3 is 2.75 bits per heavy atom. The number of pyridine rings is 1. The highest BCUT2D eigenvalue weighted by Gasteiger charge is 2.19. The van der Waals surface area contributed by atoms with Crippen LogP contribution in [-0.4, -0.2) is 29.5 Å². The molecule has 106 valence electrons. The lowest BCUT2D eigenvalue weighted by Crippen LogP contribution is -2.13. The molecule has 2 aromatic rings. The number of carbonyl (C=O) groups is 1. The normalized spacial score (nSPS) is 11.3. The number of aromatic carboxylic acids is 1. The molecule has 0 unspecified atom stereocenters. The van der Waals surface area contributed by atoms with Crippen LogP contribution in [0.3, 0.4) is 0 Å². The van der Waals surface area contributed by atoms with Gasteiger partial charge in [0, 0.05) is 16.9 Å². The predicted molar refractivity (Wildman–Crippen MR) is 75.5 cm³/mol. The molecule has 0 aliphatic rings. The molecule has 0 saturated carbocycles. The summed E-state index contributed by atoms with van der Waals surface area (Å²) >= 11 is 8.93. The van der Waals surface area contributed by atoms with Crippen LogP contribution in [0.4, 0.5) is 5.69 Å². The molecule has 3 N–H and O–H groups in total. The third kappa shape index (κ3) is 3.11. The van der Waals surface area contributed by atoms with Crippen LogP contribution >= 0.6 is 27.5 Å². The van der Waals surface area contributed by atoms with Crippen LogP contribution in [0, 0.1) is 0 Å². The fourth-order valence-corrected chi connectivity index (χ4v) is 2.94. The molecule has 0 aromatic carbocycles. The van der Waals surface area contributed by atoms with Gasteiger partial charge in [0.1, 0.15) is 10.6 Å². The SMILES string of the molecule is O=C(O)c1cc(S(=O)(=O)Nc2cc(Br)cnc2Cl)c[nH]1. The first kappa shape index (κ1) is 14.8. The van der Waals surface area contributed by atoms with Gasteiger partial charge >= 0.3 is 5.97 Å². The van der Waals surface area contributed by atoms with Crippen LogP contribution in [0.1, 0.15) is 10.5 Å². The zero-order valence-corrected chi connectivity index (χ0v) is 12.8. The Morgan fingerprint density at radius 1 is 1.45 bits per heavy atom. The first-order valence-corrected chi connectivity index (χ1v) is 7.70. The molecule has 7 nitrogen and oxygen atoms in total. The van der Waals surface area contributed by atoms with Gasteiger partial charge in [0.15, 0.2) is 5.15 Å². The van der Waals surface area contributed by atoms with E-state index < -0.39 is 16.0 Å². The minimum Gasteiger partial charge on any atom is -0.477 e. The summed E-state index contributed by atoms with van der Waals surface area (Å²) < 4.78 is 26.9. The lowest BCUT2D eigenvalue weighted by atomic mass is 10.4. The van der Waals surface area contributed by atoms with Gasteiger partial charge in [-0.3, -0.25) is 4.72 Å². The van der Waals surface area contributed by atoms with E-state index in [4.69, 9.17) is 16.7 Å². The third-order valence-electron chi connectivity index (χ3n) is 2.25. The summed E-state index contributed by atoms with van der Waals surface area (Å²) in [6, 6.07) is 2.45. The van der Waals surface area contributed by atoms with Gasteiger partial charge in [0.2, 0.25) is 0 Å². The zero-order chi connectivity index (χ0) is 14.9. The number of hydrogen-bond donors (Lipinski definition) is 3. The second-order valence-corrected chi connectivity index (χ2v) is 6.61. The highest BCUT2D eigenvalue weighted by Crippen LogP contribution is 2.25. The molecule has 0 radical (unpaired) electrons. The first-order chi connectivity index (χ1) is 9.29. The van der Waals surface area contributed by atoms with Gasteiger partial charge < -0.3 is 10.1 Å². The van der Waals surface area contributed by atoms with Crippen molar-refractivity contribution in [2.75, 3.05) is 4.72 Å². The minimum absolute atomic E-state index is 0.0224. The molecule has 0 spiro atoms. The van der Waals surface area contributed by atoms with Gasteiger partial charge in [-0.05, 0) is 28.1 Å². The van der Waals surface area contributed by atoms with Gasteiger partial charge in [0.05, 0.1) is 5.69 Å². The van der Waals surface area contributed by atoms with E-state index in [0.29, 0.717) is 4.47 Å². The maximum Gasteiger partial charge on any atom is 0.352 e. The number of H-pyrrole nitrogens is 1. The smallest absolute Gasteiger partial charge is 0.352 e. The Bertz CT molecular complexity index is 775. The molecular weight excluding hydrogens is 374 g/mol. The molecule has 0 fully saturated rings. The summed E-state index contributed by atoms with van der Waals surface area (Å²) in [5.41, 5.74) is -0.150. The van der Waals surface area contributed by atoms with Crippen LogP contribution in [0.2, 0.25) is 5.15 Å². The van der Waals surface area contributed by atoms with E-state index in [9.17, 15) is 13.2 Å². The van der Waals surface area contributed by atoms with Crippen LogP contribution < -0.4 is 4.72 Å². The number of hydrogen-bond acceptors (Lipinski definition) is 4. The van der Waals surface area contributed by atoms with E-state index in [-0.39, 0.29) is 21.4 Å². The number of anilines is 1. The predicted octanol–water partition coefficient (Wildman–Crippen LogP) is 2.32. The van der Waals surface area contributed by atoms with Crippen LogP contribution in [0.25, 0.3) is 0 Å². The summed E-state index contributed by atoms with van der Waals surface area (Å²) in [4.78, 5) is 16.6. The highest BCUT2D eigenvalue weighted by molar-refractivity contribution is 9.10. The average molecular weight is 381 g/mol. The quantitative estimate of drug-likeness (QED) is 0.705. The number of sulfonamides is 1. The van der Waals surface area contributed by atoms with E-state index in [1.807, 2.05) is 0 Å². The fourth-order valence-electron chi connectivity index (χ4n) is 1.35. The summed E-state index contributed by atoms with van der Waals surface area (Å²) in [5, 5.41) is 8.73. The van der Waals surface area contributed by atoms with Crippen LogP contribution in [0.5, 0.6) is 0 Å². The standard InChI is InChI=1S/C10H7BrClN3O4S/c11-5-1-7(9(12)14-3-5)15-20(18,19)6-2-8(10(16)17)13-4-6/h1-4,13,15H,(H,16,17). The van der Waals surface area contributed by atoms with Gasteiger partial charge in [-0.1, -0.05) is 11.6 Å². The number of nitrogens with zero attached hydrogens (tertiary/aromatic N) is 1. The maximum atomic E-state index is 12.1. The molecule has 2 rings (SSSR count). The van der Waals surface area contributed by atoms with E-state index in [2.05, 4.69) is 30.6 Å². The highest BCUT2D eigenvalue weighted by atomic mass is 79.9. The van der Waals surface area contributed by atoms with Gasteiger partial charge in [0.25, 0.3) is 10.0 Å². The van der Waals surface area contributed by atoms with Crippen LogP contribution in [-0.2, 0) is 10.0 Å². The van der Waals surface area contributed by atoms with Crippen molar-refractivity contribution in [1.82, 2.24) is 9.97 Å². The fraction of sp³-hybridized carbons (Fsp3) is 0. The Kier molecular flexibility index (Phi) is 4.02. The van der Waals surface area contributed by atoms with E-state index in [1.165, 1.54) is 12.3 Å². The van der Waals surface area contributed by atoms with Gasteiger partial charge in [-0.15, -0.1) is 0 Å². The molecule has 2 aromatic heterocycles. The summed E-state index contributed by atoms with van der Waals surface area (Å²) in [7, 11) is -3.96. The molecule has 0 aliphatic heterocycles. The van der Waals surface area contributed by atoms with Crippen molar-refractivity contribution >= 4 is 49.2 Å². The van der Waals surface area contributed by atoms with Crippen molar-refractivity contribution in [3.63, 3.8) is 0 Å². The lowest BCUT2D eigenvalue weighted by molar-refractivity contribution is 0.0691. The molecule has 10 heteroatoms. The first-order valence-electron chi connectivity index (χ1n) is 5.05. The summed E-state index contributed by atoms with van der Waals surface area (Å²) in [6.45, 7) is 0. The maximum absolute atomic E-state index is 12.1. The number of rotatable bonds is 4. The van der Waals surface area contributed by atoms with Crippen molar-refractivity contribution in [2.45, 2.75) is 4.90 Å². The molecule has 0 saturated heterocycles. The molecular formula is C10H7BrClN3O4S. The minimum atomic E-state index is -3.96. The monoisotopic (exact) mass is 379 g/mol. The molecule has 0 bridgehead atoms. The molecule has 0 aliphatic carbocycles. The van der Waals surface area contributed by atoms with E-state index in [0.717, 1.165) is 12.3 Å². The second kappa shape index (κ2) is 5.43. The van der Waals surface area contributed by atoms with Crippen molar-refractivity contribution in [3.05, 3.63) is 39.8 Å². The van der Waals surface area contributed by atoms with Crippen LogP contribution in [0.15, 0.2) is 33.9 Å². The Balaban J connectivity index is 2.35. The zero-order valence-electron chi connectivity index (χ0n) is 9.59. The van der Waals surface area contributed by atoms with Gasteiger partial charge in [-0.2, -0.15) is 0 Å². The largest absolute Gasteiger partial charge is 0.477 e. The molecule has 0 amide bonds. The number of carboxylic acids is 1. The third-order valence-corrected chi connectivity index (χ3v) is 4.33. The van der Waals surface area contributed by atoms with Crippen molar-refractivity contribution in [2.24, 2.45) is 0 Å². The summed E-state index contributed by atoms with van der Waals surface area (Å²) in [5.74, 6) is -1.26. The molecule has 0 atom stereocenters. The number of nitrogens with one attached hydrogen (secondary N) is 2.